The van der Waals surface area contributed by atoms with Crippen molar-refractivity contribution in [2.24, 2.45) is 0 Å². The van der Waals surface area contributed by atoms with Crippen LogP contribution in [0.5, 0.6) is 5.75 Å². The first-order chi connectivity index (χ1) is 13.7. The predicted octanol–water partition coefficient (Wildman–Crippen LogP) is 3.72. The predicted molar refractivity (Wildman–Crippen MR) is 125 cm³/mol. The number of fused-ring (bicyclic) bond motifs is 1. The van der Waals surface area contributed by atoms with Crippen molar-refractivity contribution in [1.29, 1.82) is 0 Å². The number of nitrogens with one attached hydrogen (secondary N) is 2. The van der Waals surface area contributed by atoms with Crippen LogP contribution in [0, 0.1) is 0 Å². The van der Waals surface area contributed by atoms with Gasteiger partial charge in [0.05, 0.1) is 30.5 Å². The fourth-order valence-electron chi connectivity index (χ4n) is 2.93. The minimum absolute atomic E-state index is 0. The lowest BCUT2D eigenvalue weighted by Gasteiger charge is -2.11. The maximum absolute atomic E-state index is 12.8. The van der Waals surface area contributed by atoms with Gasteiger partial charge >= 0.3 is 0 Å². The van der Waals surface area contributed by atoms with Crippen LogP contribution in [0.25, 0.3) is 22.2 Å². The summed E-state index contributed by atoms with van der Waals surface area (Å²) < 4.78 is 10.2. The van der Waals surface area contributed by atoms with Gasteiger partial charge in [-0.05, 0) is 36.4 Å². The van der Waals surface area contributed by atoms with Crippen LogP contribution >= 0.6 is 24.8 Å². The summed E-state index contributed by atoms with van der Waals surface area (Å²) in [5.41, 5.74) is 3.10. The molecule has 0 radical (unpaired) electrons. The average Bonchev–Trinajstić information content (AvgIpc) is 2.75. The van der Waals surface area contributed by atoms with Crippen LogP contribution in [0.4, 0.5) is 0 Å². The molecule has 0 saturated carbocycles. The molecule has 8 heteroatoms. The zero-order valence-corrected chi connectivity index (χ0v) is 18.6. The van der Waals surface area contributed by atoms with E-state index in [0.717, 1.165) is 34.5 Å². The Hall–Kier alpha value is -2.38. The lowest BCUT2D eigenvalue weighted by molar-refractivity contribution is 0.0955. The largest absolute Gasteiger partial charge is 0.497 e. The molecule has 0 fully saturated rings. The van der Waals surface area contributed by atoms with Gasteiger partial charge in [-0.25, -0.2) is 4.98 Å². The Labute approximate surface area is 189 Å². The molecule has 3 rings (SSSR count). The van der Waals surface area contributed by atoms with Gasteiger partial charge in [0.15, 0.2) is 0 Å². The van der Waals surface area contributed by atoms with Gasteiger partial charge in [-0.3, -0.25) is 4.79 Å². The summed E-state index contributed by atoms with van der Waals surface area (Å²) in [5, 5.41) is 7.03. The molecular formula is C22H27Cl2N3O3. The molecule has 0 atom stereocenters. The molecule has 2 N–H and O–H groups in total. The smallest absolute Gasteiger partial charge is 0.252 e. The topological polar surface area (TPSA) is 72.5 Å². The van der Waals surface area contributed by atoms with E-state index in [0.29, 0.717) is 25.3 Å². The average molecular weight is 452 g/mol. The van der Waals surface area contributed by atoms with Gasteiger partial charge in [0.1, 0.15) is 5.75 Å². The summed E-state index contributed by atoms with van der Waals surface area (Å²) in [6.07, 6.45) is 0. The maximum atomic E-state index is 12.8. The molecular weight excluding hydrogens is 425 g/mol. The highest BCUT2D eigenvalue weighted by molar-refractivity contribution is 6.07. The van der Waals surface area contributed by atoms with E-state index in [1.807, 2.05) is 54.6 Å². The number of ether oxygens (including phenoxy) is 2. The van der Waals surface area contributed by atoms with E-state index in [1.165, 1.54) is 0 Å². The summed E-state index contributed by atoms with van der Waals surface area (Å²) in [6.45, 7) is 2.63. The highest BCUT2D eigenvalue weighted by Gasteiger charge is 2.13. The number of hydrogen-bond acceptors (Lipinski definition) is 5. The molecule has 3 aromatic rings. The van der Waals surface area contributed by atoms with Gasteiger partial charge in [0.2, 0.25) is 0 Å². The molecule has 2 aromatic carbocycles. The number of para-hydroxylation sites is 1. The zero-order valence-electron chi connectivity index (χ0n) is 17.0. The molecule has 0 aliphatic rings. The lowest BCUT2D eigenvalue weighted by atomic mass is 10.0. The first-order valence-corrected chi connectivity index (χ1v) is 9.25. The van der Waals surface area contributed by atoms with Gasteiger partial charge in [0, 0.05) is 37.7 Å². The number of aromatic nitrogens is 1. The van der Waals surface area contributed by atoms with Gasteiger partial charge in [0.25, 0.3) is 5.91 Å². The number of pyridine rings is 1. The van der Waals surface area contributed by atoms with E-state index in [2.05, 4.69) is 10.6 Å². The van der Waals surface area contributed by atoms with E-state index in [1.54, 1.807) is 14.2 Å². The molecule has 1 amide bonds. The van der Waals surface area contributed by atoms with Crippen molar-refractivity contribution in [3.8, 4) is 17.0 Å². The third kappa shape index (κ3) is 6.57. The van der Waals surface area contributed by atoms with Crippen molar-refractivity contribution in [3.63, 3.8) is 0 Å². The third-order valence-corrected chi connectivity index (χ3v) is 4.42. The van der Waals surface area contributed by atoms with Crippen LogP contribution in [0.15, 0.2) is 54.6 Å². The molecule has 0 saturated heterocycles. The van der Waals surface area contributed by atoms with Gasteiger partial charge in [-0.1, -0.05) is 18.2 Å². The summed E-state index contributed by atoms with van der Waals surface area (Å²) in [6, 6.07) is 17.2. The number of carbonyl (C=O) groups excluding carboxylic acids is 1. The molecule has 162 valence electrons. The Bertz CT molecular complexity index is 937. The Morgan fingerprint density at radius 3 is 2.40 bits per heavy atom. The molecule has 0 spiro atoms. The fraction of sp³-hybridized carbons (Fsp3) is 0.273. The molecule has 30 heavy (non-hydrogen) atoms. The van der Waals surface area contributed by atoms with Gasteiger partial charge in [-0.15, -0.1) is 24.8 Å². The molecule has 0 unspecified atom stereocenters. The number of rotatable bonds is 9. The van der Waals surface area contributed by atoms with E-state index in [4.69, 9.17) is 14.5 Å². The Morgan fingerprint density at radius 2 is 1.70 bits per heavy atom. The van der Waals surface area contributed by atoms with Crippen LogP contribution < -0.4 is 15.4 Å². The highest BCUT2D eigenvalue weighted by Crippen LogP contribution is 2.26. The van der Waals surface area contributed by atoms with Gasteiger partial charge in [-0.2, -0.15) is 0 Å². The number of nitrogens with zero attached hydrogens (tertiary/aromatic N) is 1. The molecule has 1 heterocycles. The monoisotopic (exact) mass is 451 g/mol. The first kappa shape index (κ1) is 25.7. The summed E-state index contributed by atoms with van der Waals surface area (Å²) in [7, 11) is 3.30. The normalized spacial score (nSPS) is 10.1. The summed E-state index contributed by atoms with van der Waals surface area (Å²) in [4.78, 5) is 17.5. The van der Waals surface area contributed by atoms with E-state index < -0.39 is 0 Å². The lowest BCUT2D eigenvalue weighted by Crippen LogP contribution is -2.33. The van der Waals surface area contributed by atoms with Crippen molar-refractivity contribution < 1.29 is 14.3 Å². The molecule has 0 bridgehead atoms. The van der Waals surface area contributed by atoms with Crippen molar-refractivity contribution in [2.45, 2.75) is 0 Å². The zero-order chi connectivity index (χ0) is 19.8. The summed E-state index contributed by atoms with van der Waals surface area (Å²) in [5.74, 6) is 0.672. The SMILES string of the molecule is COCCNCCNC(=O)c1cc(-c2ccc(OC)cc2)nc2ccccc12.Cl.Cl. The van der Waals surface area contributed by atoms with Crippen molar-refractivity contribution in [3.05, 3.63) is 60.2 Å². The van der Waals surface area contributed by atoms with Crippen LogP contribution in [-0.2, 0) is 4.74 Å². The van der Waals surface area contributed by atoms with Crippen molar-refractivity contribution in [1.82, 2.24) is 15.6 Å². The second kappa shape index (κ2) is 13.0. The quantitative estimate of drug-likeness (QED) is 0.485. The van der Waals surface area contributed by atoms with Crippen molar-refractivity contribution in [2.75, 3.05) is 40.5 Å². The minimum Gasteiger partial charge on any atom is -0.497 e. The number of amides is 1. The van der Waals surface area contributed by atoms with E-state index in [-0.39, 0.29) is 30.7 Å². The maximum Gasteiger partial charge on any atom is 0.252 e. The number of methoxy groups -OCH3 is 2. The van der Waals surface area contributed by atoms with Crippen LogP contribution in [0.3, 0.4) is 0 Å². The fourth-order valence-corrected chi connectivity index (χ4v) is 2.93. The Kier molecular flexibility index (Phi) is 11.1. The second-order valence-electron chi connectivity index (χ2n) is 6.30. The second-order valence-corrected chi connectivity index (χ2v) is 6.30. The molecule has 1 aromatic heterocycles. The standard InChI is InChI=1S/C22H25N3O3.2ClH/c1-27-14-13-23-11-12-24-22(26)19-15-21(16-7-9-17(28-2)10-8-16)25-20-6-4-3-5-18(19)20;;/h3-10,15,23H,11-14H2,1-2H3,(H,24,26);2*1H. The Balaban J connectivity index is 0.00000225. The van der Waals surface area contributed by atoms with E-state index >= 15 is 0 Å². The molecule has 0 aliphatic carbocycles. The summed E-state index contributed by atoms with van der Waals surface area (Å²) >= 11 is 0. The van der Waals surface area contributed by atoms with E-state index in [9.17, 15) is 4.79 Å². The Morgan fingerprint density at radius 1 is 0.967 bits per heavy atom. The highest BCUT2D eigenvalue weighted by atomic mass is 35.5. The van der Waals surface area contributed by atoms with Crippen LogP contribution in [0.2, 0.25) is 0 Å². The molecule has 0 aliphatic heterocycles. The number of halogens is 2. The van der Waals surface area contributed by atoms with Crippen molar-refractivity contribution >= 4 is 41.6 Å². The van der Waals surface area contributed by atoms with Crippen LogP contribution in [-0.4, -0.2) is 51.4 Å². The number of hydrogen-bond donors (Lipinski definition) is 2. The minimum atomic E-state index is -0.109. The molecule has 6 nitrogen and oxygen atoms in total. The van der Waals surface area contributed by atoms with Crippen LogP contribution in [0.1, 0.15) is 10.4 Å². The van der Waals surface area contributed by atoms with Gasteiger partial charge < -0.3 is 20.1 Å². The third-order valence-electron chi connectivity index (χ3n) is 4.42. The number of carbonyl (C=O) groups is 1. The first-order valence-electron chi connectivity index (χ1n) is 9.25. The number of benzene rings is 2.